The highest BCUT2D eigenvalue weighted by atomic mass is 19.1. The average Bonchev–Trinajstić information content (AvgIpc) is 2.96. The molecule has 1 fully saturated rings. The summed E-state index contributed by atoms with van der Waals surface area (Å²) in [5, 5.41) is 3.86. The lowest BCUT2D eigenvalue weighted by Crippen LogP contribution is -2.46. The molecule has 1 aromatic carbocycles. The van der Waals surface area contributed by atoms with Gasteiger partial charge in [-0.1, -0.05) is 17.3 Å². The fraction of sp³-hybridized carbons (Fsp3) is 0.500. The van der Waals surface area contributed by atoms with Gasteiger partial charge in [-0.25, -0.2) is 4.39 Å². The van der Waals surface area contributed by atoms with Gasteiger partial charge in [-0.2, -0.15) is 4.98 Å². The summed E-state index contributed by atoms with van der Waals surface area (Å²) in [5.41, 5.74) is 1.15. The molecule has 0 saturated carbocycles. The van der Waals surface area contributed by atoms with E-state index in [1.165, 1.54) is 12.1 Å². The lowest BCUT2D eigenvalue weighted by molar-refractivity contribution is 0.0845. The van der Waals surface area contributed by atoms with E-state index in [-0.39, 0.29) is 11.9 Å². The van der Waals surface area contributed by atoms with Gasteiger partial charge in [0.15, 0.2) is 5.82 Å². The maximum absolute atomic E-state index is 12.9. The lowest BCUT2D eigenvalue weighted by atomic mass is 10.1. The van der Waals surface area contributed by atoms with Crippen molar-refractivity contribution in [2.24, 2.45) is 0 Å². The number of nitrogens with zero attached hydrogens (tertiary/aromatic N) is 4. The lowest BCUT2D eigenvalue weighted by Gasteiger charge is -2.36. The SMILES string of the molecule is Cc1noc([C@H](C)N2CCN(Cc3ccc(F)cc3)CC2)n1. The van der Waals surface area contributed by atoms with Gasteiger partial charge in [-0.3, -0.25) is 9.80 Å². The van der Waals surface area contributed by atoms with Crippen molar-refractivity contribution in [3.05, 3.63) is 47.4 Å². The van der Waals surface area contributed by atoms with Crippen molar-refractivity contribution in [2.75, 3.05) is 26.2 Å². The first-order valence-corrected chi connectivity index (χ1v) is 7.63. The molecule has 3 rings (SSSR count). The molecule has 0 radical (unpaired) electrons. The summed E-state index contributed by atoms with van der Waals surface area (Å²) in [4.78, 5) is 9.05. The number of hydrogen-bond donors (Lipinski definition) is 0. The van der Waals surface area contributed by atoms with Crippen LogP contribution in [-0.2, 0) is 6.54 Å². The standard InChI is InChI=1S/C16H21FN4O/c1-12(16-18-13(2)19-22-16)21-9-7-20(8-10-21)11-14-3-5-15(17)6-4-14/h3-6,12H,7-11H2,1-2H3/t12-/m0/s1. The van der Waals surface area contributed by atoms with E-state index >= 15 is 0 Å². The summed E-state index contributed by atoms with van der Waals surface area (Å²) in [6.45, 7) is 8.68. The quantitative estimate of drug-likeness (QED) is 0.868. The van der Waals surface area contributed by atoms with Crippen molar-refractivity contribution in [1.82, 2.24) is 19.9 Å². The Kier molecular flexibility index (Phi) is 4.49. The fourth-order valence-corrected chi connectivity index (χ4v) is 2.80. The molecule has 5 nitrogen and oxygen atoms in total. The van der Waals surface area contributed by atoms with Crippen molar-refractivity contribution < 1.29 is 8.91 Å². The molecule has 2 heterocycles. The Morgan fingerprint density at radius 1 is 1.18 bits per heavy atom. The summed E-state index contributed by atoms with van der Waals surface area (Å²) in [6.07, 6.45) is 0. The number of rotatable bonds is 4. The molecular weight excluding hydrogens is 283 g/mol. The third-order valence-electron chi connectivity index (χ3n) is 4.17. The smallest absolute Gasteiger partial charge is 0.243 e. The normalized spacial score (nSPS) is 18.5. The van der Waals surface area contributed by atoms with Crippen LogP contribution in [0.4, 0.5) is 4.39 Å². The summed E-state index contributed by atoms with van der Waals surface area (Å²) in [7, 11) is 0. The van der Waals surface area contributed by atoms with E-state index in [0.29, 0.717) is 11.7 Å². The maximum Gasteiger partial charge on any atom is 0.243 e. The highest BCUT2D eigenvalue weighted by molar-refractivity contribution is 5.16. The summed E-state index contributed by atoms with van der Waals surface area (Å²) in [6, 6.07) is 6.89. The van der Waals surface area contributed by atoms with Gasteiger partial charge in [0.2, 0.25) is 5.89 Å². The van der Waals surface area contributed by atoms with Gasteiger partial charge < -0.3 is 4.52 Å². The number of aryl methyl sites for hydroxylation is 1. The van der Waals surface area contributed by atoms with E-state index < -0.39 is 0 Å². The van der Waals surface area contributed by atoms with Crippen molar-refractivity contribution in [3.8, 4) is 0 Å². The van der Waals surface area contributed by atoms with Crippen LogP contribution in [0.25, 0.3) is 0 Å². The highest BCUT2D eigenvalue weighted by Crippen LogP contribution is 2.20. The molecule has 0 aliphatic carbocycles. The average molecular weight is 304 g/mol. The third kappa shape index (κ3) is 3.51. The Morgan fingerprint density at radius 3 is 2.45 bits per heavy atom. The summed E-state index contributed by atoms with van der Waals surface area (Å²) < 4.78 is 18.2. The van der Waals surface area contributed by atoms with Gasteiger partial charge in [0.1, 0.15) is 5.82 Å². The van der Waals surface area contributed by atoms with Crippen LogP contribution in [0.15, 0.2) is 28.8 Å². The molecule has 22 heavy (non-hydrogen) atoms. The van der Waals surface area contributed by atoms with E-state index in [9.17, 15) is 4.39 Å². The van der Waals surface area contributed by atoms with Crippen molar-refractivity contribution in [1.29, 1.82) is 0 Å². The second-order valence-electron chi connectivity index (χ2n) is 5.79. The van der Waals surface area contributed by atoms with Gasteiger partial charge in [0.05, 0.1) is 6.04 Å². The third-order valence-corrected chi connectivity index (χ3v) is 4.17. The van der Waals surface area contributed by atoms with E-state index in [1.54, 1.807) is 0 Å². The fourth-order valence-electron chi connectivity index (χ4n) is 2.80. The molecule has 0 amide bonds. The molecule has 0 unspecified atom stereocenters. The number of hydrogen-bond acceptors (Lipinski definition) is 5. The molecule has 0 spiro atoms. The second-order valence-corrected chi connectivity index (χ2v) is 5.79. The van der Waals surface area contributed by atoms with Crippen molar-refractivity contribution in [2.45, 2.75) is 26.4 Å². The molecule has 0 N–H and O–H groups in total. The van der Waals surface area contributed by atoms with Crippen LogP contribution in [0.2, 0.25) is 0 Å². The molecule has 2 aromatic rings. The molecule has 1 atom stereocenters. The zero-order valence-corrected chi connectivity index (χ0v) is 13.0. The monoisotopic (exact) mass is 304 g/mol. The molecule has 1 aliphatic heterocycles. The molecular formula is C16H21FN4O. The Labute approximate surface area is 129 Å². The van der Waals surface area contributed by atoms with Gasteiger partial charge >= 0.3 is 0 Å². The van der Waals surface area contributed by atoms with Gasteiger partial charge in [0, 0.05) is 32.7 Å². The predicted octanol–water partition coefficient (Wildman–Crippen LogP) is 2.40. The first kappa shape index (κ1) is 15.1. The zero-order chi connectivity index (χ0) is 15.5. The number of benzene rings is 1. The molecule has 0 bridgehead atoms. The maximum atomic E-state index is 12.9. The van der Waals surface area contributed by atoms with Crippen molar-refractivity contribution in [3.63, 3.8) is 0 Å². The molecule has 6 heteroatoms. The van der Waals surface area contributed by atoms with Crippen LogP contribution in [0.1, 0.15) is 30.2 Å². The Morgan fingerprint density at radius 2 is 1.86 bits per heavy atom. The minimum Gasteiger partial charge on any atom is -0.338 e. The van der Waals surface area contributed by atoms with Crippen LogP contribution in [-0.4, -0.2) is 46.1 Å². The molecule has 1 aliphatic rings. The predicted molar refractivity (Wildman–Crippen MR) is 80.7 cm³/mol. The van der Waals surface area contributed by atoms with E-state index in [2.05, 4.69) is 26.9 Å². The topological polar surface area (TPSA) is 45.4 Å². The van der Waals surface area contributed by atoms with Crippen molar-refractivity contribution >= 4 is 0 Å². The van der Waals surface area contributed by atoms with Gasteiger partial charge in [-0.05, 0) is 31.5 Å². The van der Waals surface area contributed by atoms with Crippen LogP contribution >= 0.6 is 0 Å². The molecule has 1 aromatic heterocycles. The Hall–Kier alpha value is -1.79. The van der Waals surface area contributed by atoms with Crippen LogP contribution in [0, 0.1) is 12.7 Å². The highest BCUT2D eigenvalue weighted by Gasteiger charge is 2.25. The Bertz CT molecular complexity index is 605. The van der Waals surface area contributed by atoms with Gasteiger partial charge in [0.25, 0.3) is 0 Å². The van der Waals surface area contributed by atoms with Crippen LogP contribution in [0.5, 0.6) is 0 Å². The summed E-state index contributed by atoms with van der Waals surface area (Å²) in [5.74, 6) is 1.18. The zero-order valence-electron chi connectivity index (χ0n) is 13.0. The largest absolute Gasteiger partial charge is 0.338 e. The van der Waals surface area contributed by atoms with E-state index in [1.807, 2.05) is 19.1 Å². The first-order chi connectivity index (χ1) is 10.6. The Balaban J connectivity index is 1.52. The number of halogens is 1. The molecule has 118 valence electrons. The van der Waals surface area contributed by atoms with Crippen LogP contribution < -0.4 is 0 Å². The first-order valence-electron chi connectivity index (χ1n) is 7.63. The summed E-state index contributed by atoms with van der Waals surface area (Å²) >= 11 is 0. The van der Waals surface area contributed by atoms with E-state index in [0.717, 1.165) is 38.3 Å². The minimum atomic E-state index is -0.183. The van der Waals surface area contributed by atoms with E-state index in [4.69, 9.17) is 4.52 Å². The van der Waals surface area contributed by atoms with Crippen LogP contribution in [0.3, 0.4) is 0 Å². The second kappa shape index (κ2) is 6.54. The minimum absolute atomic E-state index is 0.147. The number of piperazine rings is 1. The molecule has 1 saturated heterocycles. The number of aromatic nitrogens is 2. The van der Waals surface area contributed by atoms with Gasteiger partial charge in [-0.15, -0.1) is 0 Å².